The molecule has 0 aliphatic carbocycles. The van der Waals surface area contributed by atoms with Gasteiger partial charge in [-0.15, -0.1) is 0 Å². The molecule has 0 aromatic heterocycles. The molecule has 0 bridgehead atoms. The lowest BCUT2D eigenvalue weighted by atomic mass is 10.1. The number of nitrogens with one attached hydrogen (secondary N) is 1. The lowest BCUT2D eigenvalue weighted by Gasteiger charge is -2.24. The van der Waals surface area contributed by atoms with Gasteiger partial charge in [0, 0.05) is 5.56 Å². The lowest BCUT2D eigenvalue weighted by molar-refractivity contribution is 0.0947. The van der Waals surface area contributed by atoms with Gasteiger partial charge >= 0.3 is 0 Å². The largest absolute Gasteiger partial charge is 0.492 e. The van der Waals surface area contributed by atoms with Gasteiger partial charge in [0.15, 0.2) is 0 Å². The molecule has 3 rings (SSSR count). The van der Waals surface area contributed by atoms with Crippen molar-refractivity contribution in [2.45, 2.75) is 13.5 Å². The highest BCUT2D eigenvalue weighted by Gasteiger charge is 2.21. The summed E-state index contributed by atoms with van der Waals surface area (Å²) in [6.07, 6.45) is 1.14. The third-order valence-corrected chi connectivity index (χ3v) is 5.97. The molecule has 34 heavy (non-hydrogen) atoms. The Morgan fingerprint density at radius 3 is 2.29 bits per heavy atom. The van der Waals surface area contributed by atoms with Crippen molar-refractivity contribution in [2.75, 3.05) is 30.3 Å². The number of para-hydroxylation sites is 2. The van der Waals surface area contributed by atoms with Gasteiger partial charge in [-0.2, -0.15) is 0 Å². The standard InChI is InChI=1S/C25H27FN2O5S/c1-3-32-24-7-5-4-6-23(24)28(34(2,30)31)18-19-8-10-20(11-9-19)25(29)27-16-17-33-22-14-12-21(26)13-15-22/h4-15H,3,16-18H2,1-2H3,(H,27,29). The van der Waals surface area contributed by atoms with Gasteiger partial charge < -0.3 is 14.8 Å². The molecule has 1 N–H and O–H groups in total. The number of halogens is 1. The summed E-state index contributed by atoms with van der Waals surface area (Å²) in [6, 6.07) is 19.3. The molecule has 9 heteroatoms. The van der Waals surface area contributed by atoms with Gasteiger partial charge in [-0.3, -0.25) is 9.10 Å². The minimum absolute atomic E-state index is 0.0936. The molecular formula is C25H27FN2O5S. The quantitative estimate of drug-likeness (QED) is 0.414. The molecule has 3 aromatic rings. The zero-order valence-electron chi connectivity index (χ0n) is 19.0. The van der Waals surface area contributed by atoms with Crippen molar-refractivity contribution in [3.8, 4) is 11.5 Å². The van der Waals surface area contributed by atoms with Crippen LogP contribution in [0.5, 0.6) is 11.5 Å². The van der Waals surface area contributed by atoms with Crippen LogP contribution in [0.2, 0.25) is 0 Å². The van der Waals surface area contributed by atoms with Crippen molar-refractivity contribution in [1.29, 1.82) is 0 Å². The number of carbonyl (C=O) groups excluding carboxylic acids is 1. The Bertz CT molecular complexity index is 1200. The van der Waals surface area contributed by atoms with Gasteiger partial charge in [0.1, 0.15) is 23.9 Å². The van der Waals surface area contributed by atoms with Crippen LogP contribution >= 0.6 is 0 Å². The van der Waals surface area contributed by atoms with Crippen LogP contribution < -0.4 is 19.1 Å². The first-order valence-corrected chi connectivity index (χ1v) is 12.6. The minimum Gasteiger partial charge on any atom is -0.492 e. The number of amides is 1. The Morgan fingerprint density at radius 1 is 0.971 bits per heavy atom. The van der Waals surface area contributed by atoms with Crippen molar-refractivity contribution < 1.29 is 27.1 Å². The summed E-state index contributed by atoms with van der Waals surface area (Å²) < 4.78 is 50.3. The fourth-order valence-corrected chi connectivity index (χ4v) is 4.11. The highest BCUT2D eigenvalue weighted by Crippen LogP contribution is 2.31. The Kier molecular flexibility index (Phi) is 8.48. The maximum Gasteiger partial charge on any atom is 0.251 e. The van der Waals surface area contributed by atoms with Crippen LogP contribution in [0.15, 0.2) is 72.8 Å². The molecule has 0 radical (unpaired) electrons. The van der Waals surface area contributed by atoms with Crippen molar-refractivity contribution in [3.63, 3.8) is 0 Å². The van der Waals surface area contributed by atoms with E-state index in [4.69, 9.17) is 9.47 Å². The maximum atomic E-state index is 12.9. The molecular weight excluding hydrogens is 459 g/mol. The highest BCUT2D eigenvalue weighted by atomic mass is 32.2. The molecule has 0 fully saturated rings. The molecule has 0 aliphatic heterocycles. The van der Waals surface area contributed by atoms with E-state index in [2.05, 4.69) is 5.32 Å². The first-order valence-electron chi connectivity index (χ1n) is 10.7. The number of sulfonamides is 1. The number of ether oxygens (including phenoxy) is 2. The second-order valence-corrected chi connectivity index (χ2v) is 9.33. The number of rotatable bonds is 11. The second kappa shape index (κ2) is 11.5. The molecule has 3 aromatic carbocycles. The van der Waals surface area contributed by atoms with Crippen LogP contribution in [0.3, 0.4) is 0 Å². The van der Waals surface area contributed by atoms with E-state index in [9.17, 15) is 17.6 Å². The molecule has 0 atom stereocenters. The third kappa shape index (κ3) is 6.95. The van der Waals surface area contributed by atoms with E-state index in [1.807, 2.05) is 6.92 Å². The average molecular weight is 487 g/mol. The summed E-state index contributed by atoms with van der Waals surface area (Å²) in [4.78, 5) is 12.4. The fourth-order valence-electron chi connectivity index (χ4n) is 3.22. The van der Waals surface area contributed by atoms with Crippen molar-refractivity contribution in [2.24, 2.45) is 0 Å². The predicted octanol–water partition coefficient (Wildman–Crippen LogP) is 4.00. The molecule has 7 nitrogen and oxygen atoms in total. The molecule has 0 saturated heterocycles. The highest BCUT2D eigenvalue weighted by molar-refractivity contribution is 7.92. The van der Waals surface area contributed by atoms with Crippen molar-refractivity contribution in [3.05, 3.63) is 89.7 Å². The summed E-state index contributed by atoms with van der Waals surface area (Å²) in [5.74, 6) is 0.369. The van der Waals surface area contributed by atoms with Crippen LogP contribution in [-0.4, -0.2) is 40.3 Å². The Labute approximate surface area is 199 Å². The number of anilines is 1. The molecule has 0 unspecified atom stereocenters. The van der Waals surface area contributed by atoms with Gasteiger partial charge in [-0.1, -0.05) is 24.3 Å². The molecule has 0 aliphatic rings. The summed E-state index contributed by atoms with van der Waals surface area (Å²) in [5.41, 5.74) is 1.61. The van der Waals surface area contributed by atoms with E-state index in [0.717, 1.165) is 6.26 Å². The first kappa shape index (κ1) is 25.0. The zero-order valence-corrected chi connectivity index (χ0v) is 19.8. The van der Waals surface area contributed by atoms with Crippen LogP contribution in [-0.2, 0) is 16.6 Å². The lowest BCUT2D eigenvalue weighted by Crippen LogP contribution is -2.30. The Morgan fingerprint density at radius 2 is 1.65 bits per heavy atom. The van der Waals surface area contributed by atoms with Gasteiger partial charge in [0.05, 0.1) is 31.6 Å². The molecule has 0 spiro atoms. The minimum atomic E-state index is -3.58. The van der Waals surface area contributed by atoms with Crippen molar-refractivity contribution in [1.82, 2.24) is 5.32 Å². The summed E-state index contributed by atoms with van der Waals surface area (Å²) in [6.45, 7) is 2.84. The van der Waals surface area contributed by atoms with Crippen LogP contribution in [0.4, 0.5) is 10.1 Å². The third-order valence-electron chi connectivity index (χ3n) is 4.85. The van der Waals surface area contributed by atoms with Crippen LogP contribution in [0.1, 0.15) is 22.8 Å². The summed E-state index contributed by atoms with van der Waals surface area (Å²) in [5, 5.41) is 2.75. The fraction of sp³-hybridized carbons (Fsp3) is 0.240. The number of nitrogens with zero attached hydrogens (tertiary/aromatic N) is 1. The Hall–Kier alpha value is -3.59. The molecule has 0 heterocycles. The smallest absolute Gasteiger partial charge is 0.251 e. The van der Waals surface area contributed by atoms with E-state index in [0.29, 0.717) is 34.9 Å². The summed E-state index contributed by atoms with van der Waals surface area (Å²) >= 11 is 0. The number of hydrogen-bond donors (Lipinski definition) is 1. The topological polar surface area (TPSA) is 84.9 Å². The van der Waals surface area contributed by atoms with Crippen molar-refractivity contribution >= 4 is 21.6 Å². The van der Waals surface area contributed by atoms with E-state index in [1.54, 1.807) is 48.5 Å². The van der Waals surface area contributed by atoms with Crippen LogP contribution in [0.25, 0.3) is 0 Å². The SMILES string of the molecule is CCOc1ccccc1N(Cc1ccc(C(=O)NCCOc2ccc(F)cc2)cc1)S(C)(=O)=O. The maximum absolute atomic E-state index is 12.9. The predicted molar refractivity (Wildman–Crippen MR) is 129 cm³/mol. The van der Waals surface area contributed by atoms with Crippen LogP contribution in [0, 0.1) is 5.82 Å². The van der Waals surface area contributed by atoms with Gasteiger partial charge in [0.25, 0.3) is 5.91 Å². The van der Waals surface area contributed by atoms with E-state index < -0.39 is 10.0 Å². The van der Waals surface area contributed by atoms with E-state index >= 15 is 0 Å². The number of hydrogen-bond acceptors (Lipinski definition) is 5. The average Bonchev–Trinajstić information content (AvgIpc) is 2.82. The van der Waals surface area contributed by atoms with Gasteiger partial charge in [-0.25, -0.2) is 12.8 Å². The van der Waals surface area contributed by atoms with Gasteiger partial charge in [-0.05, 0) is 61.0 Å². The van der Waals surface area contributed by atoms with E-state index in [1.165, 1.54) is 28.6 Å². The Balaban J connectivity index is 1.61. The summed E-state index contributed by atoms with van der Waals surface area (Å²) in [7, 11) is -3.58. The van der Waals surface area contributed by atoms with Gasteiger partial charge in [0.2, 0.25) is 10.0 Å². The molecule has 180 valence electrons. The monoisotopic (exact) mass is 486 g/mol. The first-order chi connectivity index (χ1) is 16.3. The normalized spacial score (nSPS) is 11.0. The second-order valence-electron chi connectivity index (χ2n) is 7.43. The zero-order chi connectivity index (χ0) is 24.6. The van der Waals surface area contributed by atoms with E-state index in [-0.39, 0.29) is 31.4 Å². The molecule has 0 saturated carbocycles. The molecule has 1 amide bonds. The number of carbonyl (C=O) groups is 1. The number of benzene rings is 3.